The van der Waals surface area contributed by atoms with Crippen molar-refractivity contribution >= 4 is 0 Å². The number of hydrogen-bond acceptors (Lipinski definition) is 4. The van der Waals surface area contributed by atoms with Crippen LogP contribution in [0.25, 0.3) is 0 Å². The highest BCUT2D eigenvalue weighted by molar-refractivity contribution is 5.25. The summed E-state index contributed by atoms with van der Waals surface area (Å²) in [5.41, 5.74) is 2.13. The van der Waals surface area contributed by atoms with Crippen molar-refractivity contribution in [1.29, 1.82) is 0 Å². The molecule has 2 rings (SSSR count). The Kier molecular flexibility index (Phi) is 6.16. The van der Waals surface area contributed by atoms with E-state index < -0.39 is 0 Å². The van der Waals surface area contributed by atoms with Gasteiger partial charge in [0.1, 0.15) is 0 Å². The monoisotopic (exact) mass is 285 g/mol. The largest absolute Gasteiger partial charge is 0.477 e. The molecule has 0 aliphatic heterocycles. The summed E-state index contributed by atoms with van der Waals surface area (Å²) in [5.74, 6) is 1.35. The van der Waals surface area contributed by atoms with Gasteiger partial charge in [0.25, 0.3) is 0 Å². The number of ether oxygens (including phenoxy) is 1. The topological polar surface area (TPSA) is 47.0 Å². The first-order chi connectivity index (χ1) is 10.3. The van der Waals surface area contributed by atoms with E-state index in [2.05, 4.69) is 35.2 Å². The van der Waals surface area contributed by atoms with Crippen LogP contribution in [0.5, 0.6) is 5.88 Å². The Hall–Kier alpha value is -1.94. The molecular weight excluding hydrogens is 262 g/mol. The van der Waals surface area contributed by atoms with Gasteiger partial charge in [-0.15, -0.1) is 0 Å². The number of nitrogens with zero attached hydrogens (tertiary/aromatic N) is 2. The van der Waals surface area contributed by atoms with Gasteiger partial charge < -0.3 is 10.1 Å². The van der Waals surface area contributed by atoms with Gasteiger partial charge in [-0.3, -0.25) is 4.98 Å². The Bertz CT molecular complexity index is 529. The van der Waals surface area contributed by atoms with Crippen LogP contribution >= 0.6 is 0 Å². The quantitative estimate of drug-likeness (QED) is 0.810. The first-order valence-corrected chi connectivity index (χ1v) is 7.43. The van der Waals surface area contributed by atoms with E-state index in [9.17, 15) is 0 Å². The fraction of sp³-hybridized carbons (Fsp3) is 0.412. The van der Waals surface area contributed by atoms with Crippen molar-refractivity contribution in [1.82, 2.24) is 15.3 Å². The van der Waals surface area contributed by atoms with Crippen LogP contribution < -0.4 is 10.1 Å². The third kappa shape index (κ3) is 5.52. The molecule has 2 aromatic rings. The zero-order valence-corrected chi connectivity index (χ0v) is 12.7. The second-order valence-corrected chi connectivity index (χ2v) is 5.41. The summed E-state index contributed by atoms with van der Waals surface area (Å²) in [7, 11) is 0. The van der Waals surface area contributed by atoms with Crippen molar-refractivity contribution in [3.05, 3.63) is 54.0 Å². The summed E-state index contributed by atoms with van der Waals surface area (Å²) in [6.45, 7) is 6.75. The molecule has 0 atom stereocenters. The van der Waals surface area contributed by atoms with Gasteiger partial charge in [-0.25, -0.2) is 4.98 Å². The van der Waals surface area contributed by atoms with E-state index in [1.54, 1.807) is 12.4 Å². The fourth-order valence-corrected chi connectivity index (χ4v) is 1.98. The van der Waals surface area contributed by atoms with Gasteiger partial charge in [-0.2, -0.15) is 0 Å². The molecule has 0 bridgehead atoms. The minimum atomic E-state index is 0.588. The lowest BCUT2D eigenvalue weighted by atomic mass is 10.2. The predicted molar refractivity (Wildman–Crippen MR) is 84.2 cm³/mol. The molecule has 0 unspecified atom stereocenters. The van der Waals surface area contributed by atoms with E-state index in [1.165, 1.54) is 0 Å². The molecule has 0 amide bonds. The number of nitrogens with one attached hydrogen (secondary N) is 1. The van der Waals surface area contributed by atoms with Gasteiger partial charge in [-0.05, 0) is 30.7 Å². The van der Waals surface area contributed by atoms with Crippen molar-refractivity contribution in [3.63, 3.8) is 0 Å². The summed E-state index contributed by atoms with van der Waals surface area (Å²) in [4.78, 5) is 8.61. The highest BCUT2D eigenvalue weighted by Gasteiger charge is 2.05. The molecule has 0 radical (unpaired) electrons. The molecule has 0 saturated heterocycles. The van der Waals surface area contributed by atoms with E-state index in [0.717, 1.165) is 30.8 Å². The summed E-state index contributed by atoms with van der Waals surface area (Å²) in [6.07, 6.45) is 4.36. The highest BCUT2D eigenvalue weighted by Crippen LogP contribution is 2.14. The van der Waals surface area contributed by atoms with Crippen molar-refractivity contribution < 1.29 is 4.74 Å². The predicted octanol–water partition coefficient (Wildman–Crippen LogP) is 2.84. The lowest BCUT2D eigenvalue weighted by Gasteiger charge is -2.12. The summed E-state index contributed by atoms with van der Waals surface area (Å²) < 4.78 is 5.81. The van der Waals surface area contributed by atoms with Crippen molar-refractivity contribution in [2.45, 2.75) is 26.8 Å². The van der Waals surface area contributed by atoms with Crippen LogP contribution in [-0.4, -0.2) is 23.1 Å². The first kappa shape index (κ1) is 15.4. The maximum atomic E-state index is 5.81. The third-order valence-electron chi connectivity index (χ3n) is 3.04. The SMILES string of the molecule is CC(C)CNCc1cccnc1OCCc1ccccn1. The van der Waals surface area contributed by atoms with E-state index in [-0.39, 0.29) is 0 Å². The van der Waals surface area contributed by atoms with Crippen molar-refractivity contribution in [2.75, 3.05) is 13.2 Å². The smallest absolute Gasteiger partial charge is 0.217 e. The standard InChI is InChI=1S/C17H23N3O/c1-14(2)12-18-13-15-6-5-10-20-17(15)21-11-8-16-7-3-4-9-19-16/h3-7,9-10,14,18H,8,11-13H2,1-2H3. The molecule has 0 saturated carbocycles. The van der Waals surface area contributed by atoms with Gasteiger partial charge in [0, 0.05) is 36.6 Å². The molecule has 4 nitrogen and oxygen atoms in total. The maximum Gasteiger partial charge on any atom is 0.217 e. The molecule has 0 aliphatic carbocycles. The Balaban J connectivity index is 1.84. The van der Waals surface area contributed by atoms with Gasteiger partial charge >= 0.3 is 0 Å². The molecule has 1 N–H and O–H groups in total. The molecule has 21 heavy (non-hydrogen) atoms. The number of pyridine rings is 2. The second kappa shape index (κ2) is 8.37. The Morgan fingerprint density at radius 2 is 1.95 bits per heavy atom. The molecular formula is C17H23N3O. The minimum Gasteiger partial charge on any atom is -0.477 e. The van der Waals surface area contributed by atoms with Crippen LogP contribution in [0.15, 0.2) is 42.7 Å². The van der Waals surface area contributed by atoms with Crippen LogP contribution in [0.1, 0.15) is 25.1 Å². The number of hydrogen-bond donors (Lipinski definition) is 1. The zero-order chi connectivity index (χ0) is 14.9. The Labute approximate surface area is 126 Å². The fourth-order valence-electron chi connectivity index (χ4n) is 1.98. The molecule has 2 heterocycles. The molecule has 4 heteroatoms. The minimum absolute atomic E-state index is 0.588. The van der Waals surface area contributed by atoms with Crippen LogP contribution in [-0.2, 0) is 13.0 Å². The van der Waals surface area contributed by atoms with Gasteiger partial charge in [-0.1, -0.05) is 26.0 Å². The number of aromatic nitrogens is 2. The van der Waals surface area contributed by atoms with Crippen LogP contribution in [0.3, 0.4) is 0 Å². The maximum absolute atomic E-state index is 5.81. The molecule has 0 fully saturated rings. The van der Waals surface area contributed by atoms with Crippen LogP contribution in [0.4, 0.5) is 0 Å². The molecule has 2 aromatic heterocycles. The molecule has 0 aliphatic rings. The van der Waals surface area contributed by atoms with E-state index in [4.69, 9.17) is 4.74 Å². The normalized spacial score (nSPS) is 10.8. The number of rotatable bonds is 8. The van der Waals surface area contributed by atoms with Crippen molar-refractivity contribution in [2.24, 2.45) is 5.92 Å². The zero-order valence-electron chi connectivity index (χ0n) is 12.7. The van der Waals surface area contributed by atoms with Gasteiger partial charge in [0.2, 0.25) is 5.88 Å². The summed E-state index contributed by atoms with van der Waals surface area (Å²) >= 11 is 0. The highest BCUT2D eigenvalue weighted by atomic mass is 16.5. The average Bonchev–Trinajstić information content (AvgIpc) is 2.49. The van der Waals surface area contributed by atoms with Gasteiger partial charge in [0.05, 0.1) is 6.61 Å². The Morgan fingerprint density at radius 3 is 2.71 bits per heavy atom. The van der Waals surface area contributed by atoms with E-state index in [0.29, 0.717) is 18.4 Å². The third-order valence-corrected chi connectivity index (χ3v) is 3.04. The molecule has 112 valence electrons. The summed E-state index contributed by atoms with van der Waals surface area (Å²) in [5, 5.41) is 3.42. The lowest BCUT2D eigenvalue weighted by molar-refractivity contribution is 0.303. The van der Waals surface area contributed by atoms with Crippen LogP contribution in [0, 0.1) is 5.92 Å². The van der Waals surface area contributed by atoms with E-state index >= 15 is 0 Å². The lowest BCUT2D eigenvalue weighted by Crippen LogP contribution is -2.19. The first-order valence-electron chi connectivity index (χ1n) is 7.43. The molecule has 0 spiro atoms. The summed E-state index contributed by atoms with van der Waals surface area (Å²) in [6, 6.07) is 9.91. The van der Waals surface area contributed by atoms with E-state index in [1.807, 2.05) is 24.3 Å². The average molecular weight is 285 g/mol. The Morgan fingerprint density at radius 1 is 1.10 bits per heavy atom. The van der Waals surface area contributed by atoms with Gasteiger partial charge in [0.15, 0.2) is 0 Å². The second-order valence-electron chi connectivity index (χ2n) is 5.41. The van der Waals surface area contributed by atoms with Crippen LogP contribution in [0.2, 0.25) is 0 Å². The molecule has 0 aromatic carbocycles. The van der Waals surface area contributed by atoms with Crippen molar-refractivity contribution in [3.8, 4) is 5.88 Å².